The standard InChI is InChI=1S/C13H21NO2/c1-3-11-4-6-12(7-5-11)10(2)14-13(8-15)9-16/h4-7,10,13-16H,3,8-9H2,1-2H3. The van der Waals surface area contributed by atoms with Gasteiger partial charge in [-0.25, -0.2) is 0 Å². The van der Waals surface area contributed by atoms with Gasteiger partial charge in [-0.05, 0) is 24.5 Å². The maximum atomic E-state index is 8.98. The number of nitrogens with one attached hydrogen (secondary N) is 1. The van der Waals surface area contributed by atoms with Crippen molar-refractivity contribution >= 4 is 0 Å². The smallest absolute Gasteiger partial charge is 0.0607 e. The van der Waals surface area contributed by atoms with Crippen molar-refractivity contribution in [3.05, 3.63) is 35.4 Å². The largest absolute Gasteiger partial charge is 0.395 e. The fourth-order valence-corrected chi connectivity index (χ4v) is 1.65. The Morgan fingerprint density at radius 2 is 1.69 bits per heavy atom. The number of hydrogen-bond donors (Lipinski definition) is 3. The molecule has 1 unspecified atom stereocenters. The predicted molar refractivity (Wildman–Crippen MR) is 65.3 cm³/mol. The topological polar surface area (TPSA) is 52.5 Å². The van der Waals surface area contributed by atoms with Crippen molar-refractivity contribution in [2.45, 2.75) is 32.4 Å². The van der Waals surface area contributed by atoms with Gasteiger partial charge in [-0.3, -0.25) is 0 Å². The van der Waals surface area contributed by atoms with Crippen LogP contribution in [0.5, 0.6) is 0 Å². The zero-order valence-electron chi connectivity index (χ0n) is 9.98. The minimum atomic E-state index is -0.249. The van der Waals surface area contributed by atoms with Crippen LogP contribution in [0.1, 0.15) is 31.0 Å². The van der Waals surface area contributed by atoms with Crippen molar-refractivity contribution in [3.63, 3.8) is 0 Å². The highest BCUT2D eigenvalue weighted by Gasteiger charge is 2.11. The Bertz CT molecular complexity index is 293. The predicted octanol–water partition coefficient (Wildman–Crippen LogP) is 1.25. The van der Waals surface area contributed by atoms with Gasteiger partial charge in [-0.15, -0.1) is 0 Å². The molecular weight excluding hydrogens is 202 g/mol. The van der Waals surface area contributed by atoms with Gasteiger partial charge >= 0.3 is 0 Å². The zero-order chi connectivity index (χ0) is 12.0. The highest BCUT2D eigenvalue weighted by molar-refractivity contribution is 5.24. The first-order valence-electron chi connectivity index (χ1n) is 5.77. The zero-order valence-corrected chi connectivity index (χ0v) is 9.98. The highest BCUT2D eigenvalue weighted by Crippen LogP contribution is 2.14. The molecule has 0 aromatic heterocycles. The Morgan fingerprint density at radius 3 is 2.12 bits per heavy atom. The first-order chi connectivity index (χ1) is 7.71. The van der Waals surface area contributed by atoms with Gasteiger partial charge in [0.15, 0.2) is 0 Å². The average molecular weight is 223 g/mol. The lowest BCUT2D eigenvalue weighted by Gasteiger charge is -2.20. The number of aliphatic hydroxyl groups excluding tert-OH is 2. The minimum Gasteiger partial charge on any atom is -0.395 e. The fourth-order valence-electron chi connectivity index (χ4n) is 1.65. The van der Waals surface area contributed by atoms with Crippen LogP contribution in [0.4, 0.5) is 0 Å². The van der Waals surface area contributed by atoms with E-state index in [1.165, 1.54) is 11.1 Å². The SMILES string of the molecule is CCc1ccc(C(C)NC(CO)CO)cc1. The van der Waals surface area contributed by atoms with Crippen LogP contribution in [-0.2, 0) is 6.42 Å². The minimum absolute atomic E-state index is 0.0477. The Hall–Kier alpha value is -0.900. The van der Waals surface area contributed by atoms with Crippen LogP contribution < -0.4 is 5.32 Å². The lowest BCUT2D eigenvalue weighted by Crippen LogP contribution is -2.37. The molecule has 0 aliphatic rings. The molecule has 3 heteroatoms. The molecule has 0 aliphatic heterocycles. The monoisotopic (exact) mass is 223 g/mol. The quantitative estimate of drug-likeness (QED) is 0.680. The summed E-state index contributed by atoms with van der Waals surface area (Å²) >= 11 is 0. The molecule has 0 saturated heterocycles. The third-order valence-electron chi connectivity index (χ3n) is 2.81. The normalized spacial score (nSPS) is 13.1. The van der Waals surface area contributed by atoms with E-state index in [4.69, 9.17) is 10.2 Å². The molecule has 0 bridgehead atoms. The maximum absolute atomic E-state index is 8.98. The molecule has 0 amide bonds. The summed E-state index contributed by atoms with van der Waals surface area (Å²) in [5.41, 5.74) is 2.49. The van der Waals surface area contributed by atoms with Crippen molar-refractivity contribution in [2.24, 2.45) is 0 Å². The molecule has 0 saturated carbocycles. The molecule has 16 heavy (non-hydrogen) atoms. The van der Waals surface area contributed by atoms with E-state index in [1.807, 2.05) is 6.92 Å². The molecule has 3 N–H and O–H groups in total. The van der Waals surface area contributed by atoms with Gasteiger partial charge in [0.1, 0.15) is 0 Å². The lowest BCUT2D eigenvalue weighted by molar-refractivity contribution is 0.163. The van der Waals surface area contributed by atoms with E-state index in [2.05, 4.69) is 36.5 Å². The number of aryl methyl sites for hydroxylation is 1. The molecule has 3 nitrogen and oxygen atoms in total. The molecule has 0 heterocycles. The lowest BCUT2D eigenvalue weighted by atomic mass is 10.0. The van der Waals surface area contributed by atoms with Gasteiger partial charge in [0.05, 0.1) is 19.3 Å². The van der Waals surface area contributed by atoms with Crippen LogP contribution in [0.25, 0.3) is 0 Å². The average Bonchev–Trinajstić information content (AvgIpc) is 2.35. The Balaban J connectivity index is 2.61. The number of aliphatic hydroxyl groups is 2. The summed E-state index contributed by atoms with van der Waals surface area (Å²) in [6.45, 7) is 4.06. The number of hydrogen-bond acceptors (Lipinski definition) is 3. The van der Waals surface area contributed by atoms with E-state index in [9.17, 15) is 0 Å². The molecule has 0 aliphatic carbocycles. The van der Waals surface area contributed by atoms with Gasteiger partial charge < -0.3 is 15.5 Å². The van der Waals surface area contributed by atoms with Crippen molar-refractivity contribution in [2.75, 3.05) is 13.2 Å². The highest BCUT2D eigenvalue weighted by atomic mass is 16.3. The molecule has 1 rings (SSSR count). The molecule has 1 aromatic rings. The maximum Gasteiger partial charge on any atom is 0.0607 e. The van der Waals surface area contributed by atoms with Gasteiger partial charge in [-0.2, -0.15) is 0 Å². The van der Waals surface area contributed by atoms with Crippen LogP contribution in [0.3, 0.4) is 0 Å². The van der Waals surface area contributed by atoms with E-state index >= 15 is 0 Å². The van der Waals surface area contributed by atoms with Crippen molar-refractivity contribution in [1.82, 2.24) is 5.32 Å². The summed E-state index contributed by atoms with van der Waals surface area (Å²) in [6, 6.07) is 8.28. The summed E-state index contributed by atoms with van der Waals surface area (Å²) in [6.07, 6.45) is 1.04. The second-order valence-electron chi connectivity index (χ2n) is 4.05. The van der Waals surface area contributed by atoms with E-state index in [1.54, 1.807) is 0 Å². The van der Waals surface area contributed by atoms with Crippen LogP contribution >= 0.6 is 0 Å². The van der Waals surface area contributed by atoms with Crippen LogP contribution in [0.2, 0.25) is 0 Å². The van der Waals surface area contributed by atoms with Crippen molar-refractivity contribution < 1.29 is 10.2 Å². The van der Waals surface area contributed by atoms with Gasteiger partial charge in [-0.1, -0.05) is 31.2 Å². The second-order valence-corrected chi connectivity index (χ2v) is 4.05. The van der Waals surface area contributed by atoms with E-state index in [0.29, 0.717) is 0 Å². The number of rotatable bonds is 6. The third-order valence-corrected chi connectivity index (χ3v) is 2.81. The second kappa shape index (κ2) is 6.63. The molecule has 0 spiro atoms. The van der Waals surface area contributed by atoms with E-state index < -0.39 is 0 Å². The Morgan fingerprint density at radius 1 is 1.12 bits per heavy atom. The Kier molecular flexibility index (Phi) is 5.46. The molecule has 1 atom stereocenters. The van der Waals surface area contributed by atoms with Crippen LogP contribution in [0.15, 0.2) is 24.3 Å². The molecule has 0 radical (unpaired) electrons. The summed E-state index contributed by atoms with van der Waals surface area (Å²) in [7, 11) is 0. The third kappa shape index (κ3) is 3.59. The van der Waals surface area contributed by atoms with Gasteiger partial charge in [0, 0.05) is 6.04 Å². The molecule has 1 aromatic carbocycles. The number of benzene rings is 1. The fraction of sp³-hybridized carbons (Fsp3) is 0.538. The first kappa shape index (κ1) is 13.2. The summed E-state index contributed by atoms with van der Waals surface area (Å²) in [4.78, 5) is 0. The van der Waals surface area contributed by atoms with Crippen molar-refractivity contribution in [3.8, 4) is 0 Å². The summed E-state index contributed by atoms with van der Waals surface area (Å²) in [5.74, 6) is 0. The van der Waals surface area contributed by atoms with Gasteiger partial charge in [0.2, 0.25) is 0 Å². The first-order valence-corrected chi connectivity index (χ1v) is 5.77. The van der Waals surface area contributed by atoms with Gasteiger partial charge in [0.25, 0.3) is 0 Å². The molecule has 90 valence electrons. The Labute approximate surface area is 97.1 Å². The van der Waals surface area contributed by atoms with Crippen molar-refractivity contribution in [1.29, 1.82) is 0 Å². The van der Waals surface area contributed by atoms with Crippen LogP contribution in [-0.4, -0.2) is 29.5 Å². The van der Waals surface area contributed by atoms with E-state index in [-0.39, 0.29) is 25.3 Å². The summed E-state index contributed by atoms with van der Waals surface area (Å²) in [5, 5.41) is 21.1. The summed E-state index contributed by atoms with van der Waals surface area (Å²) < 4.78 is 0. The van der Waals surface area contributed by atoms with Crippen LogP contribution in [0, 0.1) is 0 Å². The molecule has 0 fully saturated rings. The van der Waals surface area contributed by atoms with E-state index in [0.717, 1.165) is 6.42 Å². The molecular formula is C13H21NO2.